The summed E-state index contributed by atoms with van der Waals surface area (Å²) in [7, 11) is 3.62. The molecule has 1 heterocycles. The van der Waals surface area contributed by atoms with Gasteiger partial charge >= 0.3 is 0 Å². The maximum Gasteiger partial charge on any atom is 0.188 e. The molecule has 0 radical (unpaired) electrons. The molecular weight excluding hydrogens is 248 g/mol. The highest BCUT2D eigenvalue weighted by atomic mass is 32.2. The Balaban J connectivity index is 2.39. The average Bonchev–Trinajstić information content (AvgIpc) is 2.90. The molecular formula is C12H16N4OS. The van der Waals surface area contributed by atoms with Gasteiger partial charge in [0.1, 0.15) is 12.1 Å². The summed E-state index contributed by atoms with van der Waals surface area (Å²) in [4.78, 5) is 5.23. The summed E-state index contributed by atoms with van der Waals surface area (Å²) < 4.78 is 5.43. The molecule has 0 saturated carbocycles. The maximum atomic E-state index is 5.43. The summed E-state index contributed by atoms with van der Waals surface area (Å²) in [5.41, 5.74) is 1.13. The smallest absolute Gasteiger partial charge is 0.188 e. The number of rotatable bonds is 5. The van der Waals surface area contributed by atoms with Crippen LogP contribution in [0.5, 0.6) is 5.75 Å². The van der Waals surface area contributed by atoms with Crippen LogP contribution < -0.4 is 10.1 Å². The first-order chi connectivity index (χ1) is 8.76. The number of aromatic amines is 1. The Hall–Kier alpha value is -1.53. The van der Waals surface area contributed by atoms with Gasteiger partial charge in [-0.1, -0.05) is 6.07 Å². The molecule has 5 nitrogen and oxygen atoms in total. The second-order valence-corrected chi connectivity index (χ2v) is 4.81. The van der Waals surface area contributed by atoms with Crippen LogP contribution >= 0.6 is 11.8 Å². The second-order valence-electron chi connectivity index (χ2n) is 3.78. The van der Waals surface area contributed by atoms with E-state index < -0.39 is 0 Å². The van der Waals surface area contributed by atoms with Crippen LogP contribution in [0.2, 0.25) is 0 Å². The molecule has 0 spiro atoms. The molecule has 1 atom stereocenters. The van der Waals surface area contributed by atoms with Crippen molar-refractivity contribution in [3.8, 4) is 5.75 Å². The van der Waals surface area contributed by atoms with Gasteiger partial charge in [-0.25, -0.2) is 4.98 Å². The van der Waals surface area contributed by atoms with Crippen molar-refractivity contribution in [2.45, 2.75) is 23.0 Å². The number of H-pyrrole nitrogens is 1. The predicted molar refractivity (Wildman–Crippen MR) is 71.0 cm³/mol. The van der Waals surface area contributed by atoms with Crippen LogP contribution in [-0.4, -0.2) is 29.3 Å². The van der Waals surface area contributed by atoms with E-state index >= 15 is 0 Å². The lowest BCUT2D eigenvalue weighted by atomic mass is 10.1. The number of nitrogens with one attached hydrogen (secondary N) is 2. The monoisotopic (exact) mass is 264 g/mol. The van der Waals surface area contributed by atoms with Crippen LogP contribution in [0.4, 0.5) is 0 Å². The highest BCUT2D eigenvalue weighted by Gasteiger charge is 2.16. The van der Waals surface area contributed by atoms with Crippen LogP contribution in [0.3, 0.4) is 0 Å². The largest absolute Gasteiger partial charge is 0.496 e. The minimum Gasteiger partial charge on any atom is -0.496 e. The molecule has 6 heteroatoms. The molecule has 0 fully saturated rings. The van der Waals surface area contributed by atoms with E-state index in [1.165, 1.54) is 6.33 Å². The van der Waals surface area contributed by atoms with Gasteiger partial charge in [0, 0.05) is 16.5 Å². The number of hydrogen-bond acceptors (Lipinski definition) is 5. The molecule has 0 aliphatic rings. The van der Waals surface area contributed by atoms with E-state index in [2.05, 4.69) is 33.5 Å². The second kappa shape index (κ2) is 5.88. The van der Waals surface area contributed by atoms with Gasteiger partial charge in [-0.15, -0.1) is 0 Å². The zero-order valence-electron chi connectivity index (χ0n) is 10.6. The van der Waals surface area contributed by atoms with E-state index in [1.54, 1.807) is 18.9 Å². The van der Waals surface area contributed by atoms with Gasteiger partial charge in [-0.2, -0.15) is 5.10 Å². The lowest BCUT2D eigenvalue weighted by Gasteiger charge is -2.18. The van der Waals surface area contributed by atoms with Crippen LogP contribution in [-0.2, 0) is 0 Å². The standard InChI is InChI=1S/C12H16N4OS/c1-8(13-2)11-9(17-3)5-4-6-10(11)18-12-14-7-15-16-12/h4-8,13H,1-3H3,(H,14,15,16). The number of benzene rings is 1. The first-order valence-corrected chi connectivity index (χ1v) is 6.45. The molecule has 2 rings (SSSR count). The van der Waals surface area contributed by atoms with Gasteiger partial charge in [-0.05, 0) is 37.9 Å². The molecule has 96 valence electrons. The minimum atomic E-state index is 0.201. The van der Waals surface area contributed by atoms with E-state index in [0.29, 0.717) is 0 Å². The molecule has 1 unspecified atom stereocenters. The Bertz CT molecular complexity index is 501. The highest BCUT2D eigenvalue weighted by molar-refractivity contribution is 7.99. The van der Waals surface area contributed by atoms with E-state index in [9.17, 15) is 0 Å². The third-order valence-corrected chi connectivity index (χ3v) is 3.68. The van der Waals surface area contributed by atoms with Gasteiger partial charge in [-0.3, -0.25) is 5.10 Å². The van der Waals surface area contributed by atoms with Crippen LogP contribution in [0.1, 0.15) is 18.5 Å². The van der Waals surface area contributed by atoms with E-state index in [0.717, 1.165) is 21.4 Å². The summed E-state index contributed by atoms with van der Waals surface area (Å²) >= 11 is 1.54. The van der Waals surface area contributed by atoms with Crippen molar-refractivity contribution in [1.29, 1.82) is 0 Å². The summed E-state index contributed by atoms with van der Waals surface area (Å²) in [6, 6.07) is 6.20. The lowest BCUT2D eigenvalue weighted by molar-refractivity contribution is 0.401. The van der Waals surface area contributed by atoms with E-state index in [1.807, 2.05) is 19.2 Å². The number of aromatic nitrogens is 3. The van der Waals surface area contributed by atoms with Crippen LogP contribution in [0.25, 0.3) is 0 Å². The Morgan fingerprint density at radius 1 is 1.44 bits per heavy atom. The van der Waals surface area contributed by atoms with Crippen molar-refractivity contribution in [2.24, 2.45) is 0 Å². The predicted octanol–water partition coefficient (Wildman–Crippen LogP) is 2.24. The summed E-state index contributed by atoms with van der Waals surface area (Å²) in [5.74, 6) is 0.876. The number of nitrogens with zero attached hydrogens (tertiary/aromatic N) is 2. The Morgan fingerprint density at radius 3 is 2.89 bits per heavy atom. The molecule has 2 N–H and O–H groups in total. The Labute approximate surface area is 110 Å². The van der Waals surface area contributed by atoms with Crippen molar-refractivity contribution in [3.05, 3.63) is 30.1 Å². The van der Waals surface area contributed by atoms with Gasteiger partial charge in [0.25, 0.3) is 0 Å². The first-order valence-electron chi connectivity index (χ1n) is 5.63. The van der Waals surface area contributed by atoms with Gasteiger partial charge in [0.05, 0.1) is 7.11 Å². The summed E-state index contributed by atoms with van der Waals surface area (Å²) in [6.45, 7) is 2.10. The molecule has 0 bridgehead atoms. The first kappa shape index (κ1) is 12.9. The lowest BCUT2D eigenvalue weighted by Crippen LogP contribution is -2.14. The average molecular weight is 264 g/mol. The molecule has 1 aromatic carbocycles. The number of methoxy groups -OCH3 is 1. The molecule has 0 aliphatic heterocycles. The number of hydrogen-bond donors (Lipinski definition) is 2. The zero-order chi connectivity index (χ0) is 13.0. The van der Waals surface area contributed by atoms with Crippen LogP contribution in [0.15, 0.2) is 34.6 Å². The topological polar surface area (TPSA) is 62.8 Å². The zero-order valence-corrected chi connectivity index (χ0v) is 11.4. The molecule has 18 heavy (non-hydrogen) atoms. The van der Waals surface area contributed by atoms with Crippen molar-refractivity contribution in [2.75, 3.05) is 14.2 Å². The molecule has 0 amide bonds. The number of ether oxygens (including phenoxy) is 1. The van der Waals surface area contributed by atoms with Crippen molar-refractivity contribution >= 4 is 11.8 Å². The van der Waals surface area contributed by atoms with Crippen molar-refractivity contribution in [1.82, 2.24) is 20.5 Å². The van der Waals surface area contributed by atoms with E-state index in [4.69, 9.17) is 4.74 Å². The maximum absolute atomic E-state index is 5.43. The fraction of sp³-hybridized carbons (Fsp3) is 0.333. The molecule has 0 aliphatic carbocycles. The SMILES string of the molecule is CNC(C)c1c(OC)cccc1Sc1ncn[nH]1. The minimum absolute atomic E-state index is 0.201. The highest BCUT2D eigenvalue weighted by Crippen LogP contribution is 2.36. The van der Waals surface area contributed by atoms with Gasteiger partial charge in [0.2, 0.25) is 0 Å². The van der Waals surface area contributed by atoms with Crippen molar-refractivity contribution in [3.63, 3.8) is 0 Å². The quantitative estimate of drug-likeness (QED) is 0.867. The normalized spacial score (nSPS) is 12.4. The molecule has 1 aromatic heterocycles. The summed E-state index contributed by atoms with van der Waals surface area (Å²) in [5, 5.41) is 10.7. The fourth-order valence-corrected chi connectivity index (χ4v) is 2.65. The van der Waals surface area contributed by atoms with Crippen molar-refractivity contribution < 1.29 is 4.74 Å². The molecule has 2 aromatic rings. The summed E-state index contributed by atoms with van der Waals surface area (Å²) in [6.07, 6.45) is 1.50. The van der Waals surface area contributed by atoms with E-state index in [-0.39, 0.29) is 6.04 Å². The van der Waals surface area contributed by atoms with Crippen LogP contribution in [0, 0.1) is 0 Å². The van der Waals surface area contributed by atoms with Gasteiger partial charge in [0.15, 0.2) is 5.16 Å². The third kappa shape index (κ3) is 2.65. The Morgan fingerprint density at radius 2 is 2.28 bits per heavy atom. The third-order valence-electron chi connectivity index (χ3n) is 2.71. The Kier molecular flexibility index (Phi) is 4.22. The fourth-order valence-electron chi connectivity index (χ4n) is 1.71. The molecule has 0 saturated heterocycles. The van der Waals surface area contributed by atoms with Gasteiger partial charge < -0.3 is 10.1 Å².